The minimum absolute atomic E-state index is 0.00398. The van der Waals surface area contributed by atoms with Crippen LogP contribution in [0.25, 0.3) is 0 Å². The van der Waals surface area contributed by atoms with E-state index in [9.17, 15) is 4.79 Å². The second-order valence-corrected chi connectivity index (χ2v) is 5.71. The summed E-state index contributed by atoms with van der Waals surface area (Å²) < 4.78 is 0. The van der Waals surface area contributed by atoms with Crippen molar-refractivity contribution in [3.8, 4) is 0 Å². The number of fused-ring (bicyclic) bond motifs is 1. The minimum Gasteiger partial charge on any atom is -0.396 e. The Labute approximate surface area is 120 Å². The Morgan fingerprint density at radius 1 is 1.45 bits per heavy atom. The Balaban J connectivity index is 2.10. The van der Waals surface area contributed by atoms with Crippen molar-refractivity contribution in [3.63, 3.8) is 0 Å². The monoisotopic (exact) mass is 276 g/mol. The lowest BCUT2D eigenvalue weighted by atomic mass is 9.93. The quantitative estimate of drug-likeness (QED) is 0.762. The van der Waals surface area contributed by atoms with Crippen LogP contribution in [-0.4, -0.2) is 30.2 Å². The van der Waals surface area contributed by atoms with Crippen molar-refractivity contribution in [1.82, 2.24) is 10.6 Å². The molecule has 0 fully saturated rings. The average molecular weight is 276 g/mol. The Morgan fingerprint density at radius 2 is 2.20 bits per heavy atom. The largest absolute Gasteiger partial charge is 0.396 e. The van der Waals surface area contributed by atoms with Crippen molar-refractivity contribution in [1.29, 1.82) is 0 Å². The van der Waals surface area contributed by atoms with E-state index in [4.69, 9.17) is 5.11 Å². The maximum atomic E-state index is 12.5. The summed E-state index contributed by atoms with van der Waals surface area (Å²) in [5.41, 5.74) is 2.32. The molecule has 1 heterocycles. The van der Waals surface area contributed by atoms with E-state index >= 15 is 0 Å². The zero-order chi connectivity index (χ0) is 14.5. The molecule has 3 N–H and O–H groups in total. The van der Waals surface area contributed by atoms with Crippen LogP contribution < -0.4 is 10.6 Å². The molecule has 2 atom stereocenters. The van der Waals surface area contributed by atoms with Gasteiger partial charge in [-0.25, -0.2) is 0 Å². The van der Waals surface area contributed by atoms with E-state index in [0.29, 0.717) is 12.3 Å². The van der Waals surface area contributed by atoms with Crippen molar-refractivity contribution in [2.45, 2.75) is 38.8 Å². The molecule has 2 unspecified atom stereocenters. The first kappa shape index (κ1) is 15.0. The molecule has 4 heteroatoms. The Hall–Kier alpha value is -1.39. The van der Waals surface area contributed by atoms with Gasteiger partial charge in [0.25, 0.3) is 0 Å². The fourth-order valence-corrected chi connectivity index (χ4v) is 2.72. The predicted octanol–water partition coefficient (Wildman–Crippen LogP) is 1.40. The third-order valence-corrected chi connectivity index (χ3v) is 3.94. The number of hydrogen-bond donors (Lipinski definition) is 3. The van der Waals surface area contributed by atoms with Crippen LogP contribution in [0.2, 0.25) is 0 Å². The van der Waals surface area contributed by atoms with Crippen molar-refractivity contribution >= 4 is 5.91 Å². The van der Waals surface area contributed by atoms with Gasteiger partial charge >= 0.3 is 0 Å². The lowest BCUT2D eigenvalue weighted by Gasteiger charge is -2.29. The molecule has 1 aliphatic rings. The van der Waals surface area contributed by atoms with Gasteiger partial charge in [-0.15, -0.1) is 0 Å². The third-order valence-electron chi connectivity index (χ3n) is 3.94. The zero-order valence-electron chi connectivity index (χ0n) is 12.2. The highest BCUT2D eigenvalue weighted by atomic mass is 16.3. The number of benzene rings is 1. The number of aliphatic hydroxyl groups is 1. The summed E-state index contributed by atoms with van der Waals surface area (Å²) >= 11 is 0. The molecule has 1 aromatic carbocycles. The molecule has 2 rings (SSSR count). The van der Waals surface area contributed by atoms with E-state index in [-0.39, 0.29) is 24.6 Å². The van der Waals surface area contributed by atoms with Crippen LogP contribution in [0.15, 0.2) is 24.3 Å². The van der Waals surface area contributed by atoms with Gasteiger partial charge in [0.05, 0.1) is 0 Å². The number of carbonyl (C=O) groups is 1. The fraction of sp³-hybridized carbons (Fsp3) is 0.562. The topological polar surface area (TPSA) is 61.4 Å². The Morgan fingerprint density at radius 3 is 2.90 bits per heavy atom. The lowest BCUT2D eigenvalue weighted by Crippen LogP contribution is -2.47. The van der Waals surface area contributed by atoms with Gasteiger partial charge < -0.3 is 15.7 Å². The molecule has 0 aromatic heterocycles. The summed E-state index contributed by atoms with van der Waals surface area (Å²) in [5, 5.41) is 15.5. The van der Waals surface area contributed by atoms with Gasteiger partial charge in [-0.3, -0.25) is 4.79 Å². The standard InChI is InChI=1S/C16H24N2O2/c1-11(2)14(8-10-19)18-16(20)15-13-6-4-3-5-12(13)7-9-17-15/h3-6,11,14-15,17,19H,7-10H2,1-2H3,(H,18,20). The number of amides is 1. The van der Waals surface area contributed by atoms with E-state index in [1.165, 1.54) is 5.56 Å². The number of aliphatic hydroxyl groups excluding tert-OH is 1. The Bertz CT molecular complexity index is 460. The normalized spacial score (nSPS) is 19.5. The third kappa shape index (κ3) is 3.38. The molecule has 0 radical (unpaired) electrons. The van der Waals surface area contributed by atoms with Crippen molar-refractivity contribution in [3.05, 3.63) is 35.4 Å². The summed E-state index contributed by atoms with van der Waals surface area (Å²) in [6.45, 7) is 5.03. The smallest absolute Gasteiger partial charge is 0.241 e. The number of hydrogen-bond acceptors (Lipinski definition) is 3. The van der Waals surface area contributed by atoms with E-state index in [1.807, 2.05) is 18.2 Å². The molecular weight excluding hydrogens is 252 g/mol. The zero-order valence-corrected chi connectivity index (χ0v) is 12.2. The second kappa shape index (κ2) is 6.86. The van der Waals surface area contributed by atoms with E-state index in [2.05, 4.69) is 30.5 Å². The number of rotatable bonds is 5. The average Bonchev–Trinajstić information content (AvgIpc) is 2.46. The van der Waals surface area contributed by atoms with E-state index in [1.54, 1.807) is 0 Å². The van der Waals surface area contributed by atoms with E-state index in [0.717, 1.165) is 18.5 Å². The summed E-state index contributed by atoms with van der Waals surface area (Å²) in [7, 11) is 0. The van der Waals surface area contributed by atoms with Gasteiger partial charge in [0.15, 0.2) is 0 Å². The SMILES string of the molecule is CC(C)C(CCO)NC(=O)C1NCCc2ccccc21. The van der Waals surface area contributed by atoms with Crippen molar-refractivity contribution in [2.24, 2.45) is 5.92 Å². The van der Waals surface area contributed by atoms with Gasteiger partial charge in [-0.2, -0.15) is 0 Å². The first-order chi connectivity index (χ1) is 9.63. The highest BCUT2D eigenvalue weighted by molar-refractivity contribution is 5.84. The molecule has 0 spiro atoms. The van der Waals surface area contributed by atoms with Crippen LogP contribution in [0.1, 0.15) is 37.4 Å². The molecule has 1 amide bonds. The maximum Gasteiger partial charge on any atom is 0.241 e. The Kier molecular flexibility index (Phi) is 5.15. The van der Waals surface area contributed by atoms with Gasteiger partial charge in [0.1, 0.15) is 6.04 Å². The maximum absolute atomic E-state index is 12.5. The van der Waals surface area contributed by atoms with Gasteiger partial charge in [-0.1, -0.05) is 38.1 Å². The summed E-state index contributed by atoms with van der Waals surface area (Å²) in [5.74, 6) is 0.314. The first-order valence-electron chi connectivity index (χ1n) is 7.36. The molecular formula is C16H24N2O2. The molecule has 1 aliphatic heterocycles. The summed E-state index contributed by atoms with van der Waals surface area (Å²) in [4.78, 5) is 12.5. The summed E-state index contributed by atoms with van der Waals surface area (Å²) in [6.07, 6.45) is 1.56. The predicted molar refractivity (Wildman–Crippen MR) is 79.4 cm³/mol. The molecule has 0 saturated carbocycles. The van der Waals surface area contributed by atoms with Crippen LogP contribution in [0.5, 0.6) is 0 Å². The van der Waals surface area contributed by atoms with Crippen molar-refractivity contribution in [2.75, 3.05) is 13.2 Å². The molecule has 110 valence electrons. The van der Waals surface area contributed by atoms with Crippen LogP contribution in [-0.2, 0) is 11.2 Å². The van der Waals surface area contributed by atoms with E-state index < -0.39 is 0 Å². The lowest BCUT2D eigenvalue weighted by molar-refractivity contribution is -0.124. The number of carbonyl (C=O) groups excluding carboxylic acids is 1. The highest BCUT2D eigenvalue weighted by Crippen LogP contribution is 2.23. The minimum atomic E-state index is -0.278. The fourth-order valence-electron chi connectivity index (χ4n) is 2.72. The highest BCUT2D eigenvalue weighted by Gasteiger charge is 2.27. The molecule has 0 bridgehead atoms. The molecule has 20 heavy (non-hydrogen) atoms. The van der Waals surface area contributed by atoms with Gasteiger partial charge in [0.2, 0.25) is 5.91 Å². The van der Waals surface area contributed by atoms with Crippen LogP contribution in [0.3, 0.4) is 0 Å². The number of nitrogens with one attached hydrogen (secondary N) is 2. The second-order valence-electron chi connectivity index (χ2n) is 5.71. The van der Waals surface area contributed by atoms with Gasteiger partial charge in [-0.05, 0) is 29.9 Å². The van der Waals surface area contributed by atoms with Crippen molar-refractivity contribution < 1.29 is 9.90 Å². The van der Waals surface area contributed by atoms with Crippen LogP contribution in [0, 0.1) is 5.92 Å². The van der Waals surface area contributed by atoms with Crippen LogP contribution in [0.4, 0.5) is 0 Å². The molecule has 0 saturated heterocycles. The summed E-state index contributed by atoms with van der Waals surface area (Å²) in [6, 6.07) is 7.83. The van der Waals surface area contributed by atoms with Gasteiger partial charge in [0, 0.05) is 19.2 Å². The molecule has 4 nitrogen and oxygen atoms in total. The first-order valence-corrected chi connectivity index (χ1v) is 7.36. The van der Waals surface area contributed by atoms with Crippen LogP contribution >= 0.6 is 0 Å². The molecule has 0 aliphatic carbocycles. The molecule has 1 aromatic rings.